The summed E-state index contributed by atoms with van der Waals surface area (Å²) in [5.74, 6) is -2.91. The Hall–Kier alpha value is -2.42. The summed E-state index contributed by atoms with van der Waals surface area (Å²) in [5, 5.41) is 10.0. The third kappa shape index (κ3) is 5.05. The Bertz CT molecular complexity index is 553. The minimum Gasteiger partial charge on any atom is -0.461 e. The molecule has 0 spiro atoms. The molecule has 9 nitrogen and oxygen atoms in total. The first-order valence-electron chi connectivity index (χ1n) is 7.12. The van der Waals surface area contributed by atoms with Crippen LogP contribution in [-0.2, 0) is 38.1 Å². The van der Waals surface area contributed by atoms with Gasteiger partial charge >= 0.3 is 23.9 Å². The van der Waals surface area contributed by atoms with Crippen molar-refractivity contribution in [2.24, 2.45) is 0 Å². The van der Waals surface area contributed by atoms with Crippen molar-refractivity contribution >= 4 is 23.9 Å². The molecule has 4 unspecified atom stereocenters. The molecule has 9 heteroatoms. The zero-order valence-corrected chi connectivity index (χ0v) is 13.8. The number of carbonyl (C=O) groups is 4. The topological polar surface area (TPSA) is 125 Å². The lowest BCUT2D eigenvalue weighted by molar-refractivity contribution is -0.213. The van der Waals surface area contributed by atoms with Crippen LogP contribution in [0.15, 0.2) is 12.2 Å². The van der Waals surface area contributed by atoms with Crippen molar-refractivity contribution in [1.29, 1.82) is 0 Å². The molecule has 0 fully saturated rings. The van der Waals surface area contributed by atoms with Gasteiger partial charge in [-0.2, -0.15) is 0 Å². The molecule has 0 amide bonds. The Kier molecular flexibility index (Phi) is 6.47. The summed E-state index contributed by atoms with van der Waals surface area (Å²) in [4.78, 5) is 45.4. The van der Waals surface area contributed by atoms with Crippen LogP contribution in [0.3, 0.4) is 0 Å². The fraction of sp³-hybridized carbons (Fsp3) is 0.600. The molecule has 4 atom stereocenters. The van der Waals surface area contributed by atoms with Crippen molar-refractivity contribution in [2.45, 2.75) is 51.6 Å². The zero-order chi connectivity index (χ0) is 18.5. The Labute approximate surface area is 138 Å². The summed E-state index contributed by atoms with van der Waals surface area (Å²) in [7, 11) is 0. The molecule has 0 bridgehead atoms. The van der Waals surface area contributed by atoms with Gasteiger partial charge in [0, 0.05) is 27.7 Å². The average molecular weight is 344 g/mol. The van der Waals surface area contributed by atoms with E-state index >= 15 is 0 Å². The number of aliphatic hydroxyl groups excluding tert-OH is 1. The lowest BCUT2D eigenvalue weighted by atomic mass is 9.84. The molecular formula is C15H20O9. The molecule has 1 N–H and O–H groups in total. The van der Waals surface area contributed by atoms with Gasteiger partial charge in [-0.15, -0.1) is 0 Å². The summed E-state index contributed by atoms with van der Waals surface area (Å²) < 4.78 is 20.3. The highest BCUT2D eigenvalue weighted by atomic mass is 16.6. The average Bonchev–Trinajstić information content (AvgIpc) is 2.43. The van der Waals surface area contributed by atoms with Gasteiger partial charge < -0.3 is 24.1 Å². The lowest BCUT2D eigenvalue weighted by Gasteiger charge is -2.43. The maximum absolute atomic E-state index is 11.5. The molecule has 1 aliphatic rings. The van der Waals surface area contributed by atoms with Crippen LogP contribution in [0, 0.1) is 0 Å². The Morgan fingerprint density at radius 3 is 2.00 bits per heavy atom. The molecule has 1 rings (SSSR count). The second-order valence-corrected chi connectivity index (χ2v) is 5.28. The van der Waals surface area contributed by atoms with Crippen LogP contribution in [0.4, 0.5) is 0 Å². The first-order valence-corrected chi connectivity index (χ1v) is 7.12. The molecule has 0 aromatic rings. The van der Waals surface area contributed by atoms with Crippen molar-refractivity contribution in [2.75, 3.05) is 6.61 Å². The standard InChI is InChI=1S/C15H20O9/c1-8(16)21-7-15(24-11(4)19)6-5-12(20)13(22-9(2)17)14(15)23-10(3)18/h5-6,12-14,20H,7H2,1-4H3. The number of hydrogen-bond donors (Lipinski definition) is 1. The molecule has 0 aliphatic heterocycles. The molecular weight excluding hydrogens is 324 g/mol. The highest BCUT2D eigenvalue weighted by molar-refractivity contribution is 5.70. The van der Waals surface area contributed by atoms with E-state index in [-0.39, 0.29) is 0 Å². The van der Waals surface area contributed by atoms with E-state index in [0.29, 0.717) is 0 Å². The summed E-state index contributed by atoms with van der Waals surface area (Å²) in [6, 6.07) is 0. The van der Waals surface area contributed by atoms with Crippen LogP contribution in [0.25, 0.3) is 0 Å². The van der Waals surface area contributed by atoms with E-state index in [2.05, 4.69) is 0 Å². The largest absolute Gasteiger partial charge is 0.461 e. The van der Waals surface area contributed by atoms with Crippen LogP contribution in [0.2, 0.25) is 0 Å². The quantitative estimate of drug-likeness (QED) is 0.404. The number of rotatable bonds is 5. The van der Waals surface area contributed by atoms with Gasteiger partial charge in [-0.05, 0) is 6.08 Å². The highest BCUT2D eigenvalue weighted by Gasteiger charge is 2.54. The summed E-state index contributed by atoms with van der Waals surface area (Å²) in [6.45, 7) is 3.98. The van der Waals surface area contributed by atoms with Gasteiger partial charge in [0.15, 0.2) is 12.2 Å². The molecule has 0 radical (unpaired) electrons. The van der Waals surface area contributed by atoms with Gasteiger partial charge in [0.05, 0.1) is 0 Å². The first kappa shape index (κ1) is 19.6. The van der Waals surface area contributed by atoms with Crippen LogP contribution in [0.1, 0.15) is 27.7 Å². The fourth-order valence-corrected chi connectivity index (χ4v) is 2.33. The third-order valence-electron chi connectivity index (χ3n) is 3.12. The van der Waals surface area contributed by atoms with E-state index in [0.717, 1.165) is 27.7 Å². The predicted octanol–water partition coefficient (Wildman–Crippen LogP) is -0.355. The van der Waals surface area contributed by atoms with Crippen molar-refractivity contribution < 1.29 is 43.2 Å². The number of aliphatic hydroxyl groups is 1. The van der Waals surface area contributed by atoms with Crippen LogP contribution in [0.5, 0.6) is 0 Å². The van der Waals surface area contributed by atoms with E-state index in [4.69, 9.17) is 18.9 Å². The van der Waals surface area contributed by atoms with Gasteiger partial charge in [0.2, 0.25) is 5.60 Å². The fourth-order valence-electron chi connectivity index (χ4n) is 2.33. The number of carbonyl (C=O) groups excluding carboxylic acids is 4. The van der Waals surface area contributed by atoms with Gasteiger partial charge in [-0.1, -0.05) is 6.08 Å². The van der Waals surface area contributed by atoms with Gasteiger partial charge in [-0.25, -0.2) is 0 Å². The zero-order valence-electron chi connectivity index (χ0n) is 13.8. The van der Waals surface area contributed by atoms with Crippen LogP contribution in [-0.4, -0.2) is 59.5 Å². The van der Waals surface area contributed by atoms with Crippen molar-refractivity contribution in [3.8, 4) is 0 Å². The highest BCUT2D eigenvalue weighted by Crippen LogP contribution is 2.32. The molecule has 0 saturated heterocycles. The third-order valence-corrected chi connectivity index (χ3v) is 3.12. The Morgan fingerprint density at radius 2 is 1.54 bits per heavy atom. The molecule has 0 aromatic heterocycles. The monoisotopic (exact) mass is 344 g/mol. The Morgan fingerprint density at radius 1 is 0.958 bits per heavy atom. The van der Waals surface area contributed by atoms with Gasteiger partial charge in [-0.3, -0.25) is 19.2 Å². The minimum absolute atomic E-state index is 0.485. The molecule has 0 saturated carbocycles. The summed E-state index contributed by atoms with van der Waals surface area (Å²) in [5.41, 5.74) is -1.73. The molecule has 1 aliphatic carbocycles. The van der Waals surface area contributed by atoms with E-state index in [1.165, 1.54) is 12.2 Å². The second kappa shape index (κ2) is 7.91. The van der Waals surface area contributed by atoms with E-state index in [9.17, 15) is 24.3 Å². The minimum atomic E-state index is -1.73. The lowest BCUT2D eigenvalue weighted by Crippen LogP contribution is -2.61. The van der Waals surface area contributed by atoms with E-state index < -0.39 is 54.4 Å². The summed E-state index contributed by atoms with van der Waals surface area (Å²) >= 11 is 0. The summed E-state index contributed by atoms with van der Waals surface area (Å²) in [6.07, 6.45) is -1.59. The SMILES string of the molecule is CC(=O)OCC1(OC(C)=O)C=CC(O)C(OC(C)=O)C1OC(C)=O. The van der Waals surface area contributed by atoms with Crippen LogP contribution >= 0.6 is 0 Å². The normalized spacial score (nSPS) is 28.6. The molecule has 0 aromatic carbocycles. The van der Waals surface area contributed by atoms with Crippen molar-refractivity contribution in [3.63, 3.8) is 0 Å². The predicted molar refractivity (Wildman–Crippen MR) is 77.4 cm³/mol. The van der Waals surface area contributed by atoms with Crippen molar-refractivity contribution in [1.82, 2.24) is 0 Å². The smallest absolute Gasteiger partial charge is 0.303 e. The molecule has 134 valence electrons. The van der Waals surface area contributed by atoms with E-state index in [1.54, 1.807) is 0 Å². The first-order chi connectivity index (χ1) is 11.1. The van der Waals surface area contributed by atoms with E-state index in [1.807, 2.05) is 0 Å². The number of ether oxygens (including phenoxy) is 4. The molecule has 24 heavy (non-hydrogen) atoms. The second-order valence-electron chi connectivity index (χ2n) is 5.28. The molecule has 0 heterocycles. The maximum atomic E-state index is 11.5. The number of esters is 4. The maximum Gasteiger partial charge on any atom is 0.303 e. The Balaban J connectivity index is 3.33. The van der Waals surface area contributed by atoms with Crippen molar-refractivity contribution in [3.05, 3.63) is 12.2 Å². The van der Waals surface area contributed by atoms with Crippen LogP contribution < -0.4 is 0 Å². The number of hydrogen-bond acceptors (Lipinski definition) is 9. The van der Waals surface area contributed by atoms with Gasteiger partial charge in [0.1, 0.15) is 12.7 Å². The van der Waals surface area contributed by atoms with Gasteiger partial charge in [0.25, 0.3) is 0 Å².